The molecular weight excluding hydrogens is 271 g/mol. The molecule has 1 amide bonds. The van der Waals surface area contributed by atoms with Crippen molar-refractivity contribution in [1.29, 1.82) is 0 Å². The predicted octanol–water partition coefficient (Wildman–Crippen LogP) is 1.86. The van der Waals surface area contributed by atoms with Gasteiger partial charge in [0.25, 0.3) is 11.7 Å². The molecule has 0 bridgehead atoms. The molecule has 1 aromatic rings. The van der Waals surface area contributed by atoms with Gasteiger partial charge in [-0.05, 0) is 31.6 Å². The van der Waals surface area contributed by atoms with Gasteiger partial charge >= 0.3 is 0 Å². The van der Waals surface area contributed by atoms with E-state index in [0.29, 0.717) is 6.54 Å². The maximum atomic E-state index is 13.9. The number of carbonyl (C=O) groups is 2. The second kappa shape index (κ2) is 5.27. The molecule has 0 aromatic heterocycles. The van der Waals surface area contributed by atoms with Crippen molar-refractivity contribution in [2.45, 2.75) is 6.92 Å². The Labute approximate surface area is 115 Å². The van der Waals surface area contributed by atoms with Gasteiger partial charge in [0.1, 0.15) is 5.82 Å². The second-order valence-corrected chi connectivity index (χ2v) is 5.07. The Morgan fingerprint density at radius 1 is 1.42 bits per heavy atom. The molecule has 0 aliphatic carbocycles. The molecule has 1 aromatic carbocycles. The first kappa shape index (κ1) is 14.0. The van der Waals surface area contributed by atoms with Gasteiger partial charge in [-0.1, -0.05) is 18.5 Å². The van der Waals surface area contributed by atoms with Crippen LogP contribution in [-0.2, 0) is 4.79 Å². The highest BCUT2D eigenvalue weighted by atomic mass is 35.5. The zero-order valence-corrected chi connectivity index (χ0v) is 11.4. The molecule has 102 valence electrons. The van der Waals surface area contributed by atoms with Crippen molar-refractivity contribution in [1.82, 2.24) is 5.32 Å². The summed E-state index contributed by atoms with van der Waals surface area (Å²) < 4.78 is 13.9. The normalized spacial score (nSPS) is 15.9. The van der Waals surface area contributed by atoms with E-state index in [1.807, 2.05) is 6.92 Å². The first-order valence-corrected chi connectivity index (χ1v) is 6.34. The molecular formula is C13H14ClFN2O2. The number of hydrogen-bond donors (Lipinski definition) is 1. The Kier molecular flexibility index (Phi) is 3.87. The maximum Gasteiger partial charge on any atom is 0.299 e. The molecule has 1 aliphatic rings. The number of nitrogens with zero attached hydrogens (tertiary/aromatic N) is 1. The number of halogens is 2. The molecule has 6 heteroatoms. The molecule has 0 spiro atoms. The summed E-state index contributed by atoms with van der Waals surface area (Å²) in [6, 6.07) is 2.46. The van der Waals surface area contributed by atoms with Gasteiger partial charge in [0.15, 0.2) is 0 Å². The first-order valence-electron chi connectivity index (χ1n) is 5.96. The van der Waals surface area contributed by atoms with Gasteiger partial charge in [0.2, 0.25) is 0 Å². The zero-order valence-electron chi connectivity index (χ0n) is 10.7. The summed E-state index contributed by atoms with van der Waals surface area (Å²) in [6.07, 6.45) is 0. The molecule has 0 saturated carbocycles. The average Bonchev–Trinajstić information content (AvgIpc) is 2.60. The number of hydrogen-bond acceptors (Lipinski definition) is 3. The molecule has 0 saturated heterocycles. The minimum absolute atomic E-state index is 0.00505. The van der Waals surface area contributed by atoms with Gasteiger partial charge in [-0.2, -0.15) is 0 Å². The van der Waals surface area contributed by atoms with Crippen LogP contribution in [0.15, 0.2) is 12.1 Å². The predicted molar refractivity (Wildman–Crippen MR) is 71.2 cm³/mol. The zero-order chi connectivity index (χ0) is 14.2. The van der Waals surface area contributed by atoms with Crippen LogP contribution in [0.1, 0.15) is 17.3 Å². The van der Waals surface area contributed by atoms with Crippen LogP contribution >= 0.6 is 11.6 Å². The summed E-state index contributed by atoms with van der Waals surface area (Å²) in [5.74, 6) is -1.97. The van der Waals surface area contributed by atoms with Gasteiger partial charge < -0.3 is 10.2 Å². The number of carbonyl (C=O) groups excluding carboxylic acids is 2. The highest BCUT2D eigenvalue weighted by molar-refractivity contribution is 6.55. The van der Waals surface area contributed by atoms with Crippen LogP contribution in [0, 0.1) is 11.7 Å². The maximum absolute atomic E-state index is 13.9. The topological polar surface area (TPSA) is 49.4 Å². The third-order valence-corrected chi connectivity index (χ3v) is 3.38. The Morgan fingerprint density at radius 3 is 2.74 bits per heavy atom. The smallest absolute Gasteiger partial charge is 0.299 e. The lowest BCUT2D eigenvalue weighted by atomic mass is 10.1. The van der Waals surface area contributed by atoms with Crippen molar-refractivity contribution in [3.8, 4) is 0 Å². The average molecular weight is 285 g/mol. The van der Waals surface area contributed by atoms with E-state index in [-0.39, 0.29) is 28.7 Å². The van der Waals surface area contributed by atoms with Crippen molar-refractivity contribution in [2.75, 3.05) is 25.0 Å². The van der Waals surface area contributed by atoms with Crippen molar-refractivity contribution in [2.24, 2.45) is 5.92 Å². The number of fused-ring (bicyclic) bond motifs is 1. The molecule has 4 nitrogen and oxygen atoms in total. The van der Waals surface area contributed by atoms with Gasteiger partial charge in [-0.15, -0.1) is 0 Å². The largest absolute Gasteiger partial charge is 0.319 e. The van der Waals surface area contributed by atoms with Crippen molar-refractivity contribution < 1.29 is 14.0 Å². The molecule has 1 aliphatic heterocycles. The van der Waals surface area contributed by atoms with Crippen molar-refractivity contribution >= 4 is 29.0 Å². The lowest BCUT2D eigenvalue weighted by Gasteiger charge is -2.21. The number of benzene rings is 1. The quantitative estimate of drug-likeness (QED) is 0.859. The van der Waals surface area contributed by atoms with E-state index in [0.717, 1.165) is 0 Å². The number of Topliss-reactive ketones (excluding diaryl/α,β-unsaturated/α-hetero) is 1. The van der Waals surface area contributed by atoms with E-state index in [4.69, 9.17) is 11.6 Å². The van der Waals surface area contributed by atoms with Crippen LogP contribution in [0.4, 0.5) is 10.1 Å². The van der Waals surface area contributed by atoms with Gasteiger partial charge in [-0.3, -0.25) is 9.59 Å². The number of ketones is 1. The molecule has 1 heterocycles. The van der Waals surface area contributed by atoms with Crippen molar-refractivity contribution in [3.63, 3.8) is 0 Å². The summed E-state index contributed by atoms with van der Waals surface area (Å²) in [5.41, 5.74) is -0.0197. The van der Waals surface area contributed by atoms with Gasteiger partial charge in [0, 0.05) is 6.54 Å². The summed E-state index contributed by atoms with van der Waals surface area (Å²) in [5, 5.41) is 3.08. The monoisotopic (exact) mass is 284 g/mol. The van der Waals surface area contributed by atoms with Crippen LogP contribution < -0.4 is 10.2 Å². The van der Waals surface area contributed by atoms with E-state index in [1.54, 1.807) is 7.05 Å². The van der Waals surface area contributed by atoms with E-state index in [1.165, 1.54) is 17.0 Å². The molecule has 2 rings (SSSR count). The Bertz CT molecular complexity index is 548. The van der Waals surface area contributed by atoms with Gasteiger partial charge in [0.05, 0.1) is 16.3 Å². The Morgan fingerprint density at radius 2 is 2.11 bits per heavy atom. The fraction of sp³-hybridized carbons (Fsp3) is 0.385. The third-order valence-electron chi connectivity index (χ3n) is 3.06. The number of amides is 1. The third kappa shape index (κ3) is 2.35. The molecule has 0 radical (unpaired) electrons. The first-order chi connectivity index (χ1) is 8.97. The van der Waals surface area contributed by atoms with E-state index in [9.17, 15) is 14.0 Å². The highest BCUT2D eigenvalue weighted by Gasteiger charge is 2.40. The molecule has 1 atom stereocenters. The van der Waals surface area contributed by atoms with Crippen LogP contribution in [0.5, 0.6) is 0 Å². The van der Waals surface area contributed by atoms with E-state index >= 15 is 0 Å². The SMILES string of the molecule is CNCC(C)CN1C(=O)C(=O)c2c(Cl)ccc(F)c21. The number of nitrogens with one attached hydrogen (secondary N) is 1. The number of rotatable bonds is 4. The standard InChI is InChI=1S/C13H14ClFN2O2/c1-7(5-16-2)6-17-11-9(15)4-3-8(14)10(11)12(18)13(17)19/h3-4,7,16H,5-6H2,1-2H3. The van der Waals surface area contributed by atoms with Crippen molar-refractivity contribution in [3.05, 3.63) is 28.5 Å². The van der Waals surface area contributed by atoms with Crippen LogP contribution in [0.2, 0.25) is 5.02 Å². The minimum Gasteiger partial charge on any atom is -0.319 e. The molecule has 1 unspecified atom stereocenters. The summed E-state index contributed by atoms with van der Waals surface area (Å²) in [6.45, 7) is 2.85. The van der Waals surface area contributed by atoms with Crippen LogP contribution in [0.25, 0.3) is 0 Å². The highest BCUT2D eigenvalue weighted by Crippen LogP contribution is 2.36. The molecule has 19 heavy (non-hydrogen) atoms. The fourth-order valence-corrected chi connectivity index (χ4v) is 2.49. The summed E-state index contributed by atoms with van der Waals surface area (Å²) >= 11 is 5.89. The lowest BCUT2D eigenvalue weighted by Crippen LogP contribution is -2.36. The van der Waals surface area contributed by atoms with Crippen LogP contribution in [-0.4, -0.2) is 31.8 Å². The van der Waals surface area contributed by atoms with Gasteiger partial charge in [-0.25, -0.2) is 4.39 Å². The summed E-state index contributed by atoms with van der Waals surface area (Å²) in [4.78, 5) is 25.0. The Hall–Kier alpha value is -1.46. The lowest BCUT2D eigenvalue weighted by molar-refractivity contribution is -0.114. The number of anilines is 1. The fourth-order valence-electron chi connectivity index (χ4n) is 2.25. The van der Waals surface area contributed by atoms with E-state index in [2.05, 4.69) is 5.32 Å². The minimum atomic E-state index is -0.740. The Balaban J connectivity index is 2.41. The second-order valence-electron chi connectivity index (χ2n) is 4.66. The summed E-state index contributed by atoms with van der Waals surface area (Å²) in [7, 11) is 1.79. The van der Waals surface area contributed by atoms with E-state index < -0.39 is 17.5 Å². The van der Waals surface area contributed by atoms with Crippen LogP contribution in [0.3, 0.4) is 0 Å². The molecule has 0 fully saturated rings. The molecule has 1 N–H and O–H groups in total.